The number of rotatable bonds is 6. The van der Waals surface area contributed by atoms with Crippen LogP contribution in [0.5, 0.6) is 5.75 Å². The number of carbonyl (C=O) groups is 1. The maximum Gasteiger partial charge on any atom is 0.252 e. The van der Waals surface area contributed by atoms with E-state index in [-0.39, 0.29) is 11.9 Å². The SMILES string of the molecule is COCCn1ccc2c(C(=O)NC3CCCc4c3[nH]c3ccc(OC)cc43)cccc21. The van der Waals surface area contributed by atoms with Crippen LogP contribution in [0.15, 0.2) is 48.7 Å². The molecule has 0 spiro atoms. The summed E-state index contributed by atoms with van der Waals surface area (Å²) in [5, 5.41) is 5.44. The molecule has 0 aliphatic heterocycles. The molecule has 1 amide bonds. The highest BCUT2D eigenvalue weighted by Gasteiger charge is 2.26. The van der Waals surface area contributed by atoms with Crippen molar-refractivity contribution < 1.29 is 14.3 Å². The highest BCUT2D eigenvalue weighted by molar-refractivity contribution is 6.06. The molecule has 0 radical (unpaired) electrons. The Morgan fingerprint density at radius 1 is 1.19 bits per heavy atom. The standard InChI is InChI=1S/C25H27N3O3/c1-30-14-13-28-12-11-17-19(6-4-8-23(17)28)25(29)27-22-7-3-5-18-20-15-16(31-2)9-10-21(20)26-24(18)22/h4,6,8-12,15,22,26H,3,5,7,13-14H2,1-2H3,(H,27,29). The molecule has 0 fully saturated rings. The van der Waals surface area contributed by atoms with Crippen LogP contribution in [-0.4, -0.2) is 36.3 Å². The summed E-state index contributed by atoms with van der Waals surface area (Å²) in [4.78, 5) is 16.8. The van der Waals surface area contributed by atoms with Crippen LogP contribution < -0.4 is 10.1 Å². The zero-order valence-corrected chi connectivity index (χ0v) is 17.9. The molecule has 2 heterocycles. The lowest BCUT2D eigenvalue weighted by molar-refractivity contribution is 0.0933. The summed E-state index contributed by atoms with van der Waals surface area (Å²) in [7, 11) is 3.38. The predicted octanol–water partition coefficient (Wildman–Crippen LogP) is 4.59. The number of amides is 1. The molecule has 2 N–H and O–H groups in total. The van der Waals surface area contributed by atoms with Crippen LogP contribution in [0.25, 0.3) is 21.8 Å². The Kier molecular flexibility index (Phi) is 5.16. The zero-order chi connectivity index (χ0) is 21.4. The van der Waals surface area contributed by atoms with E-state index in [1.54, 1.807) is 14.2 Å². The number of H-pyrrole nitrogens is 1. The minimum atomic E-state index is -0.0378. The van der Waals surface area contributed by atoms with Crippen molar-refractivity contribution in [3.05, 3.63) is 65.5 Å². The molecule has 6 nitrogen and oxygen atoms in total. The molecule has 1 aliphatic carbocycles. The molecule has 6 heteroatoms. The first-order valence-corrected chi connectivity index (χ1v) is 10.8. The van der Waals surface area contributed by atoms with Crippen LogP contribution in [0.2, 0.25) is 0 Å². The first kappa shape index (κ1) is 19.7. The van der Waals surface area contributed by atoms with E-state index in [1.165, 1.54) is 10.9 Å². The van der Waals surface area contributed by atoms with Gasteiger partial charge in [0, 0.05) is 52.9 Å². The summed E-state index contributed by atoms with van der Waals surface area (Å²) in [6, 6.07) is 14.0. The van der Waals surface area contributed by atoms with Crippen molar-refractivity contribution in [2.24, 2.45) is 0 Å². The molecule has 160 valence electrons. The fraction of sp³-hybridized carbons (Fsp3) is 0.320. The van der Waals surface area contributed by atoms with E-state index in [1.807, 2.05) is 36.5 Å². The molecule has 1 aliphatic rings. The Morgan fingerprint density at radius 3 is 2.94 bits per heavy atom. The van der Waals surface area contributed by atoms with E-state index < -0.39 is 0 Å². The lowest BCUT2D eigenvalue weighted by Gasteiger charge is -2.24. The van der Waals surface area contributed by atoms with Gasteiger partial charge in [0.15, 0.2) is 0 Å². The molecule has 4 aromatic rings. The van der Waals surface area contributed by atoms with Gasteiger partial charge < -0.3 is 24.3 Å². The summed E-state index contributed by atoms with van der Waals surface area (Å²) in [6.07, 6.45) is 4.99. The van der Waals surface area contributed by atoms with Crippen LogP contribution in [0.1, 0.15) is 40.5 Å². The molecule has 0 bridgehead atoms. The highest BCUT2D eigenvalue weighted by Crippen LogP contribution is 2.36. The minimum absolute atomic E-state index is 0.0273. The molecule has 1 unspecified atom stereocenters. The molecule has 2 aromatic heterocycles. The Hall–Kier alpha value is -3.25. The van der Waals surface area contributed by atoms with Crippen LogP contribution in [0.3, 0.4) is 0 Å². The number of hydrogen-bond acceptors (Lipinski definition) is 3. The largest absolute Gasteiger partial charge is 0.497 e. The van der Waals surface area contributed by atoms with Gasteiger partial charge in [0.1, 0.15) is 5.75 Å². The Bertz CT molecular complexity index is 1250. The van der Waals surface area contributed by atoms with Gasteiger partial charge in [-0.05, 0) is 61.2 Å². The second-order valence-electron chi connectivity index (χ2n) is 8.09. The van der Waals surface area contributed by atoms with Crippen LogP contribution in [-0.2, 0) is 17.7 Å². The average Bonchev–Trinajstić information content (AvgIpc) is 3.39. The fourth-order valence-electron chi connectivity index (χ4n) is 4.76. The van der Waals surface area contributed by atoms with Crippen LogP contribution in [0, 0.1) is 0 Å². The molecule has 5 rings (SSSR count). The van der Waals surface area contributed by atoms with Crippen LogP contribution in [0.4, 0.5) is 0 Å². The third-order valence-corrected chi connectivity index (χ3v) is 6.31. The Morgan fingerprint density at radius 2 is 2.10 bits per heavy atom. The van der Waals surface area contributed by atoms with Crippen molar-refractivity contribution in [1.82, 2.24) is 14.9 Å². The number of methoxy groups -OCH3 is 2. The van der Waals surface area contributed by atoms with Crippen molar-refractivity contribution in [3.8, 4) is 5.75 Å². The third kappa shape index (κ3) is 3.47. The monoisotopic (exact) mass is 417 g/mol. The van der Waals surface area contributed by atoms with E-state index in [0.717, 1.165) is 53.7 Å². The molecule has 0 saturated heterocycles. The van der Waals surface area contributed by atoms with E-state index in [9.17, 15) is 4.79 Å². The number of fused-ring (bicyclic) bond motifs is 4. The first-order chi connectivity index (χ1) is 15.2. The summed E-state index contributed by atoms with van der Waals surface area (Å²) < 4.78 is 12.7. The second kappa shape index (κ2) is 8.12. The van der Waals surface area contributed by atoms with E-state index in [2.05, 4.69) is 27.0 Å². The van der Waals surface area contributed by atoms with Crippen LogP contribution >= 0.6 is 0 Å². The highest BCUT2D eigenvalue weighted by atomic mass is 16.5. The first-order valence-electron chi connectivity index (χ1n) is 10.8. The molecule has 31 heavy (non-hydrogen) atoms. The predicted molar refractivity (Wildman–Crippen MR) is 122 cm³/mol. The van der Waals surface area contributed by atoms with Gasteiger partial charge in [-0.15, -0.1) is 0 Å². The van der Waals surface area contributed by atoms with E-state index in [0.29, 0.717) is 12.2 Å². The van der Waals surface area contributed by atoms with Gasteiger partial charge in [0.2, 0.25) is 0 Å². The van der Waals surface area contributed by atoms with Gasteiger partial charge >= 0.3 is 0 Å². The Balaban J connectivity index is 1.45. The number of aromatic amines is 1. The summed E-state index contributed by atoms with van der Waals surface area (Å²) in [5.41, 5.74) is 5.25. The van der Waals surface area contributed by atoms with Crippen molar-refractivity contribution in [3.63, 3.8) is 0 Å². The van der Waals surface area contributed by atoms with Gasteiger partial charge in [0.25, 0.3) is 5.91 Å². The van der Waals surface area contributed by atoms with Gasteiger partial charge in [-0.25, -0.2) is 0 Å². The summed E-state index contributed by atoms with van der Waals surface area (Å²) in [6.45, 7) is 1.39. The minimum Gasteiger partial charge on any atom is -0.497 e. The third-order valence-electron chi connectivity index (χ3n) is 6.31. The number of ether oxygens (including phenoxy) is 2. The molecular formula is C25H27N3O3. The lowest BCUT2D eigenvalue weighted by atomic mass is 9.91. The van der Waals surface area contributed by atoms with Crippen molar-refractivity contribution in [2.45, 2.75) is 31.8 Å². The van der Waals surface area contributed by atoms with Gasteiger partial charge in [-0.3, -0.25) is 4.79 Å². The zero-order valence-electron chi connectivity index (χ0n) is 17.9. The van der Waals surface area contributed by atoms with Gasteiger partial charge in [0.05, 0.1) is 19.8 Å². The summed E-state index contributed by atoms with van der Waals surface area (Å²) in [5.74, 6) is 0.814. The normalized spacial score (nSPS) is 15.9. The summed E-state index contributed by atoms with van der Waals surface area (Å²) >= 11 is 0. The Labute approximate surface area is 181 Å². The van der Waals surface area contributed by atoms with Gasteiger partial charge in [-0.2, -0.15) is 0 Å². The number of benzene rings is 2. The smallest absolute Gasteiger partial charge is 0.252 e. The van der Waals surface area contributed by atoms with Crippen molar-refractivity contribution >= 4 is 27.7 Å². The number of carbonyl (C=O) groups excluding carboxylic acids is 1. The number of hydrogen-bond donors (Lipinski definition) is 2. The molecule has 1 atom stereocenters. The number of nitrogens with zero attached hydrogens (tertiary/aromatic N) is 1. The number of aromatic nitrogens is 2. The van der Waals surface area contributed by atoms with Gasteiger partial charge in [-0.1, -0.05) is 6.07 Å². The number of nitrogens with one attached hydrogen (secondary N) is 2. The van der Waals surface area contributed by atoms with Crippen molar-refractivity contribution in [1.29, 1.82) is 0 Å². The molecule has 2 aromatic carbocycles. The maximum absolute atomic E-state index is 13.3. The second-order valence-corrected chi connectivity index (χ2v) is 8.09. The average molecular weight is 418 g/mol. The van der Waals surface area contributed by atoms with Crippen molar-refractivity contribution in [2.75, 3.05) is 20.8 Å². The van der Waals surface area contributed by atoms with E-state index >= 15 is 0 Å². The maximum atomic E-state index is 13.3. The number of aryl methyl sites for hydroxylation is 1. The molecule has 0 saturated carbocycles. The lowest BCUT2D eigenvalue weighted by Crippen LogP contribution is -2.31. The van der Waals surface area contributed by atoms with E-state index in [4.69, 9.17) is 9.47 Å². The quantitative estimate of drug-likeness (QED) is 0.482. The fourth-order valence-corrected chi connectivity index (χ4v) is 4.76. The topological polar surface area (TPSA) is 68.3 Å². The molecular weight excluding hydrogens is 390 g/mol.